The van der Waals surface area contributed by atoms with Crippen LogP contribution in [0, 0.1) is 19.1 Å². The molecule has 77 heavy (non-hydrogen) atoms. The molecule has 0 atom stereocenters. The van der Waals surface area contributed by atoms with Gasteiger partial charge >= 0.3 is 48.3 Å². The summed E-state index contributed by atoms with van der Waals surface area (Å²) in [4.78, 5) is 15.8. The third-order valence-corrected chi connectivity index (χ3v) is 19.1. The van der Waals surface area contributed by atoms with Gasteiger partial charge in [0.15, 0.2) is 0 Å². The van der Waals surface area contributed by atoms with Crippen LogP contribution in [0.1, 0.15) is 64.1 Å². The normalized spacial score (nSPS) is 11.8. The van der Waals surface area contributed by atoms with E-state index in [0.29, 0.717) is 18.0 Å². The van der Waals surface area contributed by atoms with Crippen molar-refractivity contribution in [2.24, 2.45) is 0 Å². The fourth-order valence-corrected chi connectivity index (χ4v) is 14.8. The molecule has 0 bridgehead atoms. The Bertz CT molecular complexity index is 3340. The van der Waals surface area contributed by atoms with Crippen molar-refractivity contribution in [3.05, 3.63) is 230 Å². The van der Waals surface area contributed by atoms with Crippen LogP contribution in [0.5, 0.6) is 0 Å². The van der Waals surface area contributed by atoms with Gasteiger partial charge in [-0.3, -0.25) is 9.36 Å². The molecular weight excluding hydrogens is 1370 g/mol. The zero-order valence-corrected chi connectivity index (χ0v) is 49.8. The van der Waals surface area contributed by atoms with Gasteiger partial charge in [0, 0.05) is 58.3 Å². The van der Waals surface area contributed by atoms with Crippen molar-refractivity contribution < 1.29 is 64.4 Å². The number of benzene rings is 6. The number of alkyl halides is 3. The Morgan fingerprint density at radius 3 is 1.17 bits per heavy atom. The molecule has 0 amide bonds. The van der Waals surface area contributed by atoms with E-state index in [0.717, 1.165) is 55.7 Å². The van der Waals surface area contributed by atoms with Gasteiger partial charge in [-0.1, -0.05) is 170 Å². The minimum Gasteiger partial charge on any atom is -0.489 e. The first kappa shape index (κ1) is 60.0. The summed E-state index contributed by atoms with van der Waals surface area (Å²) in [6.07, 6.45) is 5.65. The van der Waals surface area contributed by atoms with Crippen molar-refractivity contribution in [2.75, 3.05) is 12.3 Å². The molecule has 0 saturated carbocycles. The number of hydrogen-bond donors (Lipinski definition) is 0. The van der Waals surface area contributed by atoms with Crippen molar-refractivity contribution >= 4 is 35.5 Å². The maximum absolute atomic E-state index is 14.4. The van der Waals surface area contributed by atoms with Gasteiger partial charge in [0.1, 0.15) is 14.3 Å². The summed E-state index contributed by atoms with van der Waals surface area (Å²) in [5.41, 5.74) is 5.13. The second-order valence-corrected chi connectivity index (χ2v) is 25.8. The molecule has 10 aromatic rings. The van der Waals surface area contributed by atoms with E-state index in [2.05, 4.69) is 75.2 Å². The van der Waals surface area contributed by atoms with Crippen LogP contribution in [0.3, 0.4) is 0 Å². The molecule has 10 rings (SSSR count). The van der Waals surface area contributed by atoms with Crippen molar-refractivity contribution in [1.29, 1.82) is 0 Å². The van der Waals surface area contributed by atoms with Crippen LogP contribution >= 0.6 is 14.3 Å². The number of imidazole rings is 2. The first-order chi connectivity index (χ1) is 35.7. The third kappa shape index (κ3) is 14.5. The van der Waals surface area contributed by atoms with Crippen molar-refractivity contribution in [3.63, 3.8) is 0 Å². The van der Waals surface area contributed by atoms with Gasteiger partial charge in [-0.15, -0.1) is 88.4 Å². The molecule has 0 spiro atoms. The molecule has 0 aliphatic rings. The molecule has 0 unspecified atom stereocenters. The Morgan fingerprint density at radius 1 is 0.506 bits per heavy atom. The molecule has 4 heterocycles. The quantitative estimate of drug-likeness (QED) is 0.0926. The monoisotopic (exact) mass is 1430 g/mol. The van der Waals surface area contributed by atoms with E-state index in [1.807, 2.05) is 172 Å². The smallest absolute Gasteiger partial charge is 0.489 e. The number of aryl methyl sites for hydroxylation is 1. The van der Waals surface area contributed by atoms with Crippen molar-refractivity contribution in [3.8, 4) is 33.9 Å². The van der Waals surface area contributed by atoms with E-state index in [1.54, 1.807) is 41.7 Å². The maximum Gasteiger partial charge on any atom is 2.00 e. The zero-order valence-electron chi connectivity index (χ0n) is 43.4. The maximum atomic E-state index is 14.4. The number of nitrogens with zero attached hydrogens (tertiary/aromatic N) is 8. The van der Waals surface area contributed by atoms with Crippen LogP contribution in [0.2, 0.25) is 0 Å². The number of halogens is 3. The Morgan fingerprint density at radius 2 is 0.857 bits per heavy atom. The minimum atomic E-state index is -4.57. The van der Waals surface area contributed by atoms with Gasteiger partial charge in [0.25, 0.3) is 0 Å². The van der Waals surface area contributed by atoms with Crippen LogP contribution in [0.25, 0.3) is 33.9 Å². The van der Waals surface area contributed by atoms with Gasteiger partial charge in [0.05, 0.1) is 0 Å². The largest absolute Gasteiger partial charge is 2.00 e. The van der Waals surface area contributed by atoms with Crippen molar-refractivity contribution in [1.82, 2.24) is 39.5 Å². The van der Waals surface area contributed by atoms with Crippen LogP contribution in [0.4, 0.5) is 13.2 Å². The summed E-state index contributed by atoms with van der Waals surface area (Å²) >= 11 is 0. The average molecular weight is 1430 g/mol. The minimum absolute atomic E-state index is 0. The summed E-state index contributed by atoms with van der Waals surface area (Å²) in [7, 11) is -5.87. The summed E-state index contributed by atoms with van der Waals surface area (Å²) in [6.45, 7) is 14.5. The Labute approximate surface area is 477 Å². The number of hydrogen-bond acceptors (Lipinski definition) is 6. The fraction of sp³-hybridized carbons (Fsp3) is 0.200. The molecule has 4 aromatic heterocycles. The molecular formula is C60H57F3N8O2P2Pt2. The molecule has 0 saturated heterocycles. The van der Waals surface area contributed by atoms with E-state index in [4.69, 9.17) is 0 Å². The molecule has 0 radical (unpaired) electrons. The topological polar surface area (TPSA) is 124 Å². The van der Waals surface area contributed by atoms with E-state index >= 15 is 0 Å². The third-order valence-electron chi connectivity index (χ3n) is 12.5. The second-order valence-electron chi connectivity index (χ2n) is 19.9. The van der Waals surface area contributed by atoms with Gasteiger partial charge in [-0.2, -0.15) is 23.4 Å². The average Bonchev–Trinajstić information content (AvgIpc) is 4.28. The molecule has 6 aromatic carbocycles. The SMILES string of the molecule is CC(C)(C)c1cc(-c2[n-]cnc2C(F)(F)F)[c-]c(-n2cccn2)c1.Cc1nc[n-]c1-c1[c-]c(-n2cccn2)cc(C(C)(C)C)c1.O=P(CCP(=O)(c1ccccc1)c1ccccc1)(c1ccccc1)c1ccccc1.[Pt+2].[Pt+2]. The van der Waals surface area contributed by atoms with Crippen molar-refractivity contribution in [2.45, 2.75) is 65.5 Å². The van der Waals surface area contributed by atoms with Gasteiger partial charge in [-0.25, -0.2) is 0 Å². The van der Waals surface area contributed by atoms with E-state index in [-0.39, 0.29) is 64.2 Å². The standard InChI is InChI=1S/C26H24O2P2.C17H15F3N4.C17H18N4.2Pt/c27-29(23-13-5-1-6-14-23,24-15-7-2-8-16-24)21-22-30(28,25-17-9-3-10-18-25)26-19-11-4-12-20-26;1-16(2,3)12-7-11(8-13(9-12)24-6-4-5-23-24)14-15(17(18,19)20)22-10-21-14;1-12-16(19-11-18-12)13-8-14(17(2,3)4)10-15(9-13)21-7-5-6-20-21;;/h1-20H,21-22H2;4-7,9-10H,1-3H3;5-8,10-11H,1-4H3;;/q;2*-2;2*+2. The van der Waals surface area contributed by atoms with Crippen LogP contribution in [-0.4, -0.2) is 41.9 Å². The summed E-state index contributed by atoms with van der Waals surface area (Å²) in [6, 6.07) is 56.2. The predicted octanol–water partition coefficient (Wildman–Crippen LogP) is 12.3. The predicted molar refractivity (Wildman–Crippen MR) is 294 cm³/mol. The number of aromatic nitrogens is 8. The van der Waals surface area contributed by atoms with E-state index < -0.39 is 26.2 Å². The summed E-state index contributed by atoms with van der Waals surface area (Å²) in [5.74, 6) is 0. The van der Waals surface area contributed by atoms with E-state index in [9.17, 15) is 22.3 Å². The first-order valence-electron chi connectivity index (χ1n) is 24.3. The summed E-state index contributed by atoms with van der Waals surface area (Å²) in [5, 5.41) is 11.7. The van der Waals surface area contributed by atoms with Crippen LogP contribution in [0.15, 0.2) is 195 Å². The summed E-state index contributed by atoms with van der Waals surface area (Å²) < 4.78 is 71.6. The molecule has 0 N–H and O–H groups in total. The van der Waals surface area contributed by atoms with Crippen LogP contribution in [-0.2, 0) is 68.3 Å². The van der Waals surface area contributed by atoms with E-state index in [1.165, 1.54) is 5.56 Å². The first-order valence-corrected chi connectivity index (χ1v) is 28.1. The Balaban J connectivity index is 0.000000188. The molecule has 0 aliphatic heterocycles. The Kier molecular flexibility index (Phi) is 19.9. The van der Waals surface area contributed by atoms with Gasteiger partial charge < -0.3 is 29.1 Å². The molecule has 10 nitrogen and oxygen atoms in total. The zero-order chi connectivity index (χ0) is 53.4. The van der Waals surface area contributed by atoms with Gasteiger partial charge in [-0.05, 0) is 40.0 Å². The second kappa shape index (κ2) is 25.5. The molecule has 0 aliphatic carbocycles. The molecule has 0 fully saturated rings. The van der Waals surface area contributed by atoms with Crippen LogP contribution < -0.4 is 31.2 Å². The van der Waals surface area contributed by atoms with Gasteiger partial charge in [0.2, 0.25) is 0 Å². The Hall–Kier alpha value is -6.21. The number of rotatable bonds is 11. The molecule has 17 heteroatoms. The fourth-order valence-electron chi connectivity index (χ4n) is 8.33. The molecule has 400 valence electrons.